The molecule has 0 spiro atoms. The molecular weight excluding hydrogens is 368 g/mol. The van der Waals surface area contributed by atoms with Gasteiger partial charge in [-0.15, -0.1) is 0 Å². The highest BCUT2D eigenvalue weighted by Gasteiger charge is 2.05. The first-order chi connectivity index (χ1) is 12.1. The molecule has 0 aliphatic carbocycles. The summed E-state index contributed by atoms with van der Waals surface area (Å²) in [6, 6.07) is 25.2. The van der Waals surface area contributed by atoms with E-state index in [2.05, 4.69) is 95.8 Å². The van der Waals surface area contributed by atoms with Gasteiger partial charge in [-0.1, -0.05) is 89.8 Å². The lowest BCUT2D eigenvalue weighted by Gasteiger charge is -2.08. The van der Waals surface area contributed by atoms with Gasteiger partial charge in [0.1, 0.15) is 0 Å². The third-order valence-corrected chi connectivity index (χ3v) is 5.15. The van der Waals surface area contributed by atoms with E-state index in [0.29, 0.717) is 0 Å². The summed E-state index contributed by atoms with van der Waals surface area (Å²) in [6.07, 6.45) is 2.15. The molecule has 4 rings (SSSR count). The average Bonchev–Trinajstić information content (AvgIpc) is 2.65. The molecule has 0 heterocycles. The fraction of sp³-hybridized carbons (Fsp3) is 0. The molecule has 0 saturated heterocycles. The number of fused-ring (bicyclic) bond motifs is 3. The largest absolute Gasteiger partial charge is 0.0911 e. The first-order valence-corrected chi connectivity index (χ1v) is 8.99. The number of benzene rings is 4. The molecule has 0 saturated carbocycles. The number of hydrogen-bond acceptors (Lipinski definition) is 0. The van der Waals surface area contributed by atoms with Gasteiger partial charge in [0.25, 0.3) is 0 Å². The van der Waals surface area contributed by atoms with Crippen molar-refractivity contribution in [2.24, 2.45) is 0 Å². The first kappa shape index (κ1) is 15.9. The van der Waals surface area contributed by atoms with Gasteiger partial charge in [-0.3, -0.25) is 0 Å². The maximum atomic E-state index is 4.38. The van der Waals surface area contributed by atoms with Crippen LogP contribution in [0, 0.1) is 0 Å². The topological polar surface area (TPSA) is 0 Å². The molecule has 0 unspecified atom stereocenters. The van der Waals surface area contributed by atoms with Crippen LogP contribution in [0.3, 0.4) is 0 Å². The van der Waals surface area contributed by atoms with Crippen LogP contribution in [0.25, 0.3) is 39.8 Å². The van der Waals surface area contributed by atoms with Crippen molar-refractivity contribution in [1.29, 1.82) is 0 Å². The minimum Gasteiger partial charge on any atom is -0.0911 e. The summed E-state index contributed by atoms with van der Waals surface area (Å²) in [6.45, 7) is 8.66. The van der Waals surface area contributed by atoms with Crippen LogP contribution >= 0.6 is 15.9 Å². The average molecular weight is 385 g/mol. The number of hydrogen-bond donors (Lipinski definition) is 0. The van der Waals surface area contributed by atoms with Gasteiger partial charge >= 0.3 is 0 Å². The van der Waals surface area contributed by atoms with Gasteiger partial charge in [-0.2, -0.15) is 0 Å². The Bertz CT molecular complexity index is 1210. The van der Waals surface area contributed by atoms with Crippen LogP contribution in [0.15, 0.2) is 83.8 Å². The van der Waals surface area contributed by atoms with Crippen molar-refractivity contribution in [3.05, 3.63) is 99.8 Å². The molecule has 4 aromatic carbocycles. The summed E-state index contributed by atoms with van der Waals surface area (Å²) in [5.74, 6) is 0. The quantitative estimate of drug-likeness (QED) is 0.391. The maximum absolute atomic E-state index is 4.38. The Morgan fingerprint density at radius 3 is 1.88 bits per heavy atom. The minimum absolute atomic E-state index is 0.984. The van der Waals surface area contributed by atoms with Crippen LogP contribution in [-0.4, -0.2) is 0 Å². The van der Waals surface area contributed by atoms with E-state index in [-0.39, 0.29) is 0 Å². The molecule has 25 heavy (non-hydrogen) atoms. The molecule has 1 heteroatoms. The zero-order valence-corrected chi connectivity index (χ0v) is 15.4. The SMILES string of the molecule is C=C(/C=c1\c(=C)c2ccccc2c2ccccc12)c1ccc(Br)cc1. The van der Waals surface area contributed by atoms with Crippen molar-refractivity contribution in [1.82, 2.24) is 0 Å². The molecule has 0 radical (unpaired) electrons. The third-order valence-electron chi connectivity index (χ3n) is 4.62. The van der Waals surface area contributed by atoms with Crippen LogP contribution in [0.4, 0.5) is 0 Å². The van der Waals surface area contributed by atoms with Gasteiger partial charge < -0.3 is 0 Å². The van der Waals surface area contributed by atoms with Crippen LogP contribution in [-0.2, 0) is 0 Å². The summed E-state index contributed by atoms with van der Waals surface area (Å²) in [5.41, 5.74) is 2.10. The van der Waals surface area contributed by atoms with E-state index in [0.717, 1.165) is 26.0 Å². The molecular formula is C24H17Br. The fourth-order valence-electron chi connectivity index (χ4n) is 3.33. The first-order valence-electron chi connectivity index (χ1n) is 8.20. The van der Waals surface area contributed by atoms with Crippen LogP contribution in [0.2, 0.25) is 0 Å². The Morgan fingerprint density at radius 1 is 0.720 bits per heavy atom. The summed E-state index contributed by atoms with van der Waals surface area (Å²) < 4.78 is 1.07. The van der Waals surface area contributed by atoms with E-state index in [1.54, 1.807) is 0 Å². The number of rotatable bonds is 2. The second kappa shape index (κ2) is 6.34. The Hall–Kier alpha value is -2.64. The van der Waals surface area contributed by atoms with Crippen LogP contribution in [0.5, 0.6) is 0 Å². The lowest BCUT2D eigenvalue weighted by Crippen LogP contribution is -2.25. The summed E-state index contributed by atoms with van der Waals surface area (Å²) in [4.78, 5) is 0. The molecule has 120 valence electrons. The number of halogens is 1. The van der Waals surface area contributed by atoms with Gasteiger partial charge in [-0.25, -0.2) is 0 Å². The molecule has 0 bridgehead atoms. The standard InChI is InChI=1S/C24H17Br/c1-16(18-11-13-19(25)14-12-18)15-24-17(2)20-7-3-4-8-21(20)22-9-5-6-10-23(22)24/h3-15H,1-2H2/b24-15+. The Labute approximate surface area is 155 Å². The maximum Gasteiger partial charge on any atom is 0.0175 e. The summed E-state index contributed by atoms with van der Waals surface area (Å²) in [7, 11) is 0. The minimum atomic E-state index is 0.984. The van der Waals surface area contributed by atoms with Gasteiger partial charge in [0.05, 0.1) is 0 Å². The van der Waals surface area contributed by atoms with Crippen molar-refractivity contribution in [2.75, 3.05) is 0 Å². The summed E-state index contributed by atoms with van der Waals surface area (Å²) >= 11 is 3.48. The van der Waals surface area contributed by atoms with E-state index in [1.807, 2.05) is 12.1 Å². The van der Waals surface area contributed by atoms with Crippen molar-refractivity contribution in [3.8, 4) is 0 Å². The fourth-order valence-corrected chi connectivity index (χ4v) is 3.59. The zero-order valence-electron chi connectivity index (χ0n) is 13.8. The van der Waals surface area contributed by atoms with E-state index in [9.17, 15) is 0 Å². The van der Waals surface area contributed by atoms with Crippen molar-refractivity contribution < 1.29 is 0 Å². The molecule has 0 amide bonds. The molecule has 0 aliphatic rings. The van der Waals surface area contributed by atoms with Crippen molar-refractivity contribution in [3.63, 3.8) is 0 Å². The van der Waals surface area contributed by atoms with Crippen LogP contribution in [0.1, 0.15) is 5.56 Å². The second-order valence-corrected chi connectivity index (χ2v) is 7.08. The van der Waals surface area contributed by atoms with E-state index < -0.39 is 0 Å². The normalized spacial score (nSPS) is 12.0. The Morgan fingerprint density at radius 2 is 1.24 bits per heavy atom. The molecule has 0 fully saturated rings. The van der Waals surface area contributed by atoms with Crippen molar-refractivity contribution >= 4 is 55.7 Å². The van der Waals surface area contributed by atoms with Crippen molar-refractivity contribution in [2.45, 2.75) is 0 Å². The molecule has 4 aromatic rings. The molecule has 0 nitrogen and oxygen atoms in total. The Kier molecular flexibility index (Phi) is 4.03. The lowest BCUT2D eigenvalue weighted by molar-refractivity contribution is 1.59. The molecule has 0 aliphatic heterocycles. The highest BCUT2D eigenvalue weighted by molar-refractivity contribution is 9.10. The molecule has 0 aromatic heterocycles. The lowest BCUT2D eigenvalue weighted by atomic mass is 9.96. The summed E-state index contributed by atoms with van der Waals surface area (Å²) in [5, 5.41) is 7.09. The molecule has 0 atom stereocenters. The van der Waals surface area contributed by atoms with Gasteiger partial charge in [-0.05, 0) is 61.3 Å². The third kappa shape index (κ3) is 2.81. The number of allylic oxidation sites excluding steroid dienone is 1. The predicted octanol–water partition coefficient (Wildman–Crippen LogP) is 5.66. The highest BCUT2D eigenvalue weighted by Crippen LogP contribution is 2.21. The zero-order chi connectivity index (χ0) is 17.4. The van der Waals surface area contributed by atoms with E-state index >= 15 is 0 Å². The predicted molar refractivity (Wildman–Crippen MR) is 114 cm³/mol. The van der Waals surface area contributed by atoms with Gasteiger partial charge in [0.15, 0.2) is 0 Å². The highest BCUT2D eigenvalue weighted by atomic mass is 79.9. The van der Waals surface area contributed by atoms with Gasteiger partial charge in [0, 0.05) is 4.47 Å². The van der Waals surface area contributed by atoms with Gasteiger partial charge in [0.2, 0.25) is 0 Å². The smallest absolute Gasteiger partial charge is 0.0175 e. The second-order valence-electron chi connectivity index (χ2n) is 6.16. The van der Waals surface area contributed by atoms with E-state index in [1.165, 1.54) is 21.5 Å². The van der Waals surface area contributed by atoms with E-state index in [4.69, 9.17) is 0 Å². The Balaban J connectivity index is 2.06. The monoisotopic (exact) mass is 384 g/mol. The van der Waals surface area contributed by atoms with Crippen LogP contribution < -0.4 is 10.4 Å². The molecule has 0 N–H and O–H groups in total.